The van der Waals surface area contributed by atoms with E-state index in [1.807, 2.05) is 58.2 Å². The average molecular weight is 390 g/mol. The molecule has 2 N–H and O–H groups in total. The molecule has 0 bridgehead atoms. The molecule has 0 saturated carbocycles. The van der Waals surface area contributed by atoms with E-state index < -0.39 is 0 Å². The minimum absolute atomic E-state index is 0. The number of aliphatic imine (C=N–C) groups is 1. The van der Waals surface area contributed by atoms with Crippen molar-refractivity contribution in [3.63, 3.8) is 0 Å². The molecule has 3 rings (SSSR count). The molecule has 0 spiro atoms. The van der Waals surface area contributed by atoms with Crippen molar-refractivity contribution in [2.45, 2.75) is 33.8 Å². The van der Waals surface area contributed by atoms with Crippen LogP contribution in [-0.2, 0) is 9.47 Å². The van der Waals surface area contributed by atoms with Crippen molar-refractivity contribution in [3.8, 4) is 0 Å². The number of halogens is 1. The summed E-state index contributed by atoms with van der Waals surface area (Å²) in [5.74, 6) is 0.355. The summed E-state index contributed by atoms with van der Waals surface area (Å²) in [5, 5.41) is 0. The Morgan fingerprint density at radius 2 is 2.04 bits per heavy atom. The number of carbonyl (C=O) groups is 1. The number of aryl methyl sites for hydroxylation is 1. The Morgan fingerprint density at radius 3 is 2.63 bits per heavy atom. The lowest BCUT2D eigenvalue weighted by Crippen LogP contribution is -2.12. The molecular weight excluding hydrogens is 366 g/mol. The van der Waals surface area contributed by atoms with Gasteiger partial charge in [-0.1, -0.05) is 0 Å². The summed E-state index contributed by atoms with van der Waals surface area (Å²) in [6.07, 6.45) is 5.46. The van der Waals surface area contributed by atoms with Gasteiger partial charge in [-0.05, 0) is 51.5 Å². The molecule has 0 saturated heterocycles. The molecular formula is C20H24ClN3O3. The lowest BCUT2D eigenvalue weighted by molar-refractivity contribution is 0.0376. The summed E-state index contributed by atoms with van der Waals surface area (Å²) in [7, 11) is 1.62. The minimum atomic E-state index is -0.319. The predicted molar refractivity (Wildman–Crippen MR) is 108 cm³/mol. The van der Waals surface area contributed by atoms with E-state index in [-0.39, 0.29) is 24.5 Å². The number of hydrogen-bond donors (Lipinski definition) is 2. The third kappa shape index (κ3) is 4.17. The number of nitrogens with one attached hydrogen (secondary N) is 2. The van der Waals surface area contributed by atoms with Crippen molar-refractivity contribution < 1.29 is 14.3 Å². The first-order valence-electron chi connectivity index (χ1n) is 8.51. The predicted octanol–water partition coefficient (Wildman–Crippen LogP) is 4.32. The third-order valence-corrected chi connectivity index (χ3v) is 4.16. The van der Waals surface area contributed by atoms with Gasteiger partial charge in [0.15, 0.2) is 0 Å². The van der Waals surface area contributed by atoms with Gasteiger partial charge in [0, 0.05) is 23.7 Å². The molecule has 144 valence electrons. The molecule has 0 aliphatic carbocycles. The van der Waals surface area contributed by atoms with Crippen molar-refractivity contribution in [3.05, 3.63) is 64.1 Å². The maximum Gasteiger partial charge on any atom is 0.340 e. The highest BCUT2D eigenvalue weighted by Gasteiger charge is 2.22. The molecule has 1 aliphatic rings. The minimum Gasteiger partial charge on any atom is -0.494 e. The summed E-state index contributed by atoms with van der Waals surface area (Å²) >= 11 is 0. The van der Waals surface area contributed by atoms with Crippen LogP contribution < -0.4 is 0 Å². The fourth-order valence-electron chi connectivity index (χ4n) is 2.94. The molecule has 0 amide bonds. The fraction of sp³-hybridized carbons (Fsp3) is 0.300. The first-order valence-corrected chi connectivity index (χ1v) is 8.51. The molecule has 2 aromatic rings. The Kier molecular flexibility index (Phi) is 6.33. The molecule has 2 aromatic heterocycles. The summed E-state index contributed by atoms with van der Waals surface area (Å²) in [6, 6.07) is 3.88. The van der Waals surface area contributed by atoms with Crippen LogP contribution in [0.5, 0.6) is 0 Å². The van der Waals surface area contributed by atoms with E-state index in [0.717, 1.165) is 28.4 Å². The number of rotatable bonds is 5. The first-order chi connectivity index (χ1) is 12.4. The molecule has 1 aliphatic heterocycles. The molecule has 0 unspecified atom stereocenters. The number of hydrogen-bond acceptors (Lipinski definition) is 4. The average Bonchev–Trinajstić information content (AvgIpc) is 3.27. The Balaban J connectivity index is 0.00000261. The number of esters is 1. The van der Waals surface area contributed by atoms with Crippen LogP contribution in [0, 0.1) is 13.8 Å². The Morgan fingerprint density at radius 1 is 1.30 bits per heavy atom. The van der Waals surface area contributed by atoms with Gasteiger partial charge in [-0.15, -0.1) is 12.4 Å². The van der Waals surface area contributed by atoms with Crippen LogP contribution in [0.2, 0.25) is 0 Å². The number of aromatic amines is 2. The number of aromatic nitrogens is 2. The van der Waals surface area contributed by atoms with E-state index >= 15 is 0 Å². The highest BCUT2D eigenvalue weighted by atomic mass is 35.5. The topological polar surface area (TPSA) is 79.5 Å². The summed E-state index contributed by atoms with van der Waals surface area (Å²) in [6.45, 7) is 7.43. The molecule has 0 radical (unpaired) electrons. The maximum atomic E-state index is 12.3. The second-order valence-corrected chi connectivity index (χ2v) is 6.44. The molecule has 27 heavy (non-hydrogen) atoms. The van der Waals surface area contributed by atoms with Gasteiger partial charge < -0.3 is 19.4 Å². The van der Waals surface area contributed by atoms with Crippen LogP contribution in [-0.4, -0.2) is 34.9 Å². The van der Waals surface area contributed by atoms with Crippen molar-refractivity contribution >= 4 is 30.2 Å². The number of methoxy groups -OCH3 is 1. The Labute approximate surface area is 164 Å². The van der Waals surface area contributed by atoms with Gasteiger partial charge in [-0.3, -0.25) is 0 Å². The van der Waals surface area contributed by atoms with Crippen LogP contribution in [0.15, 0.2) is 40.9 Å². The number of nitrogens with zero attached hydrogens (tertiary/aromatic N) is 1. The zero-order chi connectivity index (χ0) is 18.8. The molecule has 0 fully saturated rings. The van der Waals surface area contributed by atoms with Crippen molar-refractivity contribution in [2.24, 2.45) is 4.99 Å². The molecule has 6 nitrogen and oxygen atoms in total. The zero-order valence-electron chi connectivity index (χ0n) is 16.0. The smallest absolute Gasteiger partial charge is 0.340 e. The lowest BCUT2D eigenvalue weighted by atomic mass is 10.1. The molecule has 0 atom stereocenters. The van der Waals surface area contributed by atoms with Gasteiger partial charge in [0.1, 0.15) is 11.5 Å². The largest absolute Gasteiger partial charge is 0.494 e. The quantitative estimate of drug-likeness (QED) is 0.747. The Hall–Kier alpha value is -2.73. The second kappa shape index (κ2) is 8.31. The van der Waals surface area contributed by atoms with E-state index in [4.69, 9.17) is 9.47 Å². The van der Waals surface area contributed by atoms with Crippen molar-refractivity contribution in [1.82, 2.24) is 9.97 Å². The first kappa shape index (κ1) is 20.6. The summed E-state index contributed by atoms with van der Waals surface area (Å²) in [4.78, 5) is 23.4. The lowest BCUT2D eigenvalue weighted by Gasteiger charge is -2.08. The standard InChI is InChI=1S/C20H23N3O3.ClH/c1-11(2)26-20(24)19-12(3)15(22-13(19)4)9-17-18(25-5)10-16(23-17)14-7-6-8-21-14;/h6-11,21-22H,1-5H3;1H/b17-9-;. The van der Waals surface area contributed by atoms with Crippen molar-refractivity contribution in [2.75, 3.05) is 7.11 Å². The van der Waals surface area contributed by atoms with Crippen LogP contribution in [0.25, 0.3) is 6.08 Å². The van der Waals surface area contributed by atoms with Gasteiger partial charge >= 0.3 is 5.97 Å². The van der Waals surface area contributed by atoms with E-state index in [1.165, 1.54) is 0 Å². The van der Waals surface area contributed by atoms with E-state index in [0.29, 0.717) is 17.0 Å². The van der Waals surface area contributed by atoms with E-state index in [9.17, 15) is 4.79 Å². The van der Waals surface area contributed by atoms with Crippen LogP contribution in [0.3, 0.4) is 0 Å². The number of carbonyl (C=O) groups excluding carboxylic acids is 1. The molecule has 0 aromatic carbocycles. The number of H-pyrrole nitrogens is 2. The second-order valence-electron chi connectivity index (χ2n) is 6.44. The highest BCUT2D eigenvalue weighted by Crippen LogP contribution is 2.27. The fourth-order valence-corrected chi connectivity index (χ4v) is 2.94. The van der Waals surface area contributed by atoms with E-state index in [1.54, 1.807) is 7.11 Å². The van der Waals surface area contributed by atoms with Crippen LogP contribution >= 0.6 is 12.4 Å². The van der Waals surface area contributed by atoms with E-state index in [2.05, 4.69) is 15.0 Å². The van der Waals surface area contributed by atoms with Gasteiger partial charge in [-0.2, -0.15) is 0 Å². The van der Waals surface area contributed by atoms with Crippen LogP contribution in [0.1, 0.15) is 46.9 Å². The zero-order valence-corrected chi connectivity index (χ0v) is 16.9. The van der Waals surface area contributed by atoms with Gasteiger partial charge in [-0.25, -0.2) is 9.79 Å². The maximum absolute atomic E-state index is 12.3. The van der Waals surface area contributed by atoms with Crippen LogP contribution in [0.4, 0.5) is 0 Å². The number of allylic oxidation sites excluding steroid dienone is 1. The van der Waals surface area contributed by atoms with Gasteiger partial charge in [0.25, 0.3) is 0 Å². The molecule has 3 heterocycles. The summed E-state index contributed by atoms with van der Waals surface area (Å²) in [5.41, 5.74) is 5.41. The van der Waals surface area contributed by atoms with Crippen molar-refractivity contribution in [1.29, 1.82) is 0 Å². The SMILES string of the molecule is COC1=CC(c2ccc[nH]2)=N/C1=C\c1[nH]c(C)c(C(=O)OC(C)C)c1C.Cl. The molecule has 7 heteroatoms. The highest BCUT2D eigenvalue weighted by molar-refractivity contribution is 6.11. The normalized spacial score (nSPS) is 14.8. The summed E-state index contributed by atoms with van der Waals surface area (Å²) < 4.78 is 10.8. The number of ether oxygens (including phenoxy) is 2. The third-order valence-electron chi connectivity index (χ3n) is 4.16. The van der Waals surface area contributed by atoms with Gasteiger partial charge in [0.05, 0.1) is 30.2 Å². The Bertz CT molecular complexity index is 919. The monoisotopic (exact) mass is 389 g/mol. The van der Waals surface area contributed by atoms with Gasteiger partial charge in [0.2, 0.25) is 0 Å².